The minimum atomic E-state index is -4.51. The number of rotatable bonds is 3. The number of hydrogen-bond donors (Lipinski definition) is 0. The van der Waals surface area contributed by atoms with Gasteiger partial charge in [-0.2, -0.15) is 0 Å². The zero-order valence-electron chi connectivity index (χ0n) is 8.34. The van der Waals surface area contributed by atoms with E-state index in [4.69, 9.17) is 11.6 Å². The molecule has 0 atom stereocenters. The van der Waals surface area contributed by atoms with Crippen molar-refractivity contribution >= 4 is 29.8 Å². The molecule has 1 aromatic heterocycles. The number of halogens is 1. The fourth-order valence-corrected chi connectivity index (χ4v) is 2.17. The summed E-state index contributed by atoms with van der Waals surface area (Å²) in [5.74, 6) is 0.0326. The number of nitrogens with zero attached hydrogens (tertiary/aromatic N) is 1. The van der Waals surface area contributed by atoms with Crippen molar-refractivity contribution in [1.82, 2.24) is 4.98 Å². The second-order valence-corrected chi connectivity index (χ2v) is 6.18. The minimum Gasteiger partial charge on any atom is -0.803 e. The van der Waals surface area contributed by atoms with Gasteiger partial charge in [-0.05, 0) is 18.9 Å². The van der Waals surface area contributed by atoms with Crippen LogP contribution in [0, 0.1) is 0 Å². The van der Waals surface area contributed by atoms with Gasteiger partial charge in [0.1, 0.15) is 0 Å². The Labute approximate surface area is 121 Å². The molecule has 0 N–H and O–H groups in total. The fourth-order valence-electron chi connectivity index (χ4n) is 0.673. The molecule has 72 valence electrons. The van der Waals surface area contributed by atoms with Gasteiger partial charge in [-0.1, -0.05) is 11.6 Å². The Bertz CT molecular complexity index is 351. The van der Waals surface area contributed by atoms with E-state index in [0.717, 1.165) is 0 Å². The molecular weight excluding hydrogens is 246 g/mol. The summed E-state index contributed by atoms with van der Waals surface area (Å²) in [4.78, 5) is 24.4. The van der Waals surface area contributed by atoms with Crippen LogP contribution in [0.4, 0.5) is 0 Å². The first-order valence-electron chi connectivity index (χ1n) is 3.24. The molecular formula is C6H5ClLi2NO3PS. The third-order valence-corrected chi connectivity index (χ3v) is 3.46. The number of pyridine rings is 1. The van der Waals surface area contributed by atoms with Crippen molar-refractivity contribution < 1.29 is 52.1 Å². The fraction of sp³-hybridized carbons (Fsp3) is 0.167. The molecule has 0 unspecified atom stereocenters. The molecule has 0 saturated carbocycles. The van der Waals surface area contributed by atoms with Gasteiger partial charge in [-0.15, -0.1) is 11.4 Å². The van der Waals surface area contributed by atoms with Crippen LogP contribution in [-0.4, -0.2) is 4.98 Å². The van der Waals surface area contributed by atoms with E-state index in [0.29, 0.717) is 22.1 Å². The van der Waals surface area contributed by atoms with Crippen LogP contribution in [0.3, 0.4) is 0 Å². The van der Waals surface area contributed by atoms with E-state index in [1.165, 1.54) is 12.3 Å². The normalized spacial score (nSPS) is 10.1. The molecule has 0 aromatic carbocycles. The molecule has 0 aliphatic rings. The summed E-state index contributed by atoms with van der Waals surface area (Å²) < 4.78 is 10.3. The van der Waals surface area contributed by atoms with Crippen LogP contribution in [0.5, 0.6) is 0 Å². The van der Waals surface area contributed by atoms with Gasteiger partial charge < -0.3 is 14.4 Å². The van der Waals surface area contributed by atoms with Crippen molar-refractivity contribution in [2.24, 2.45) is 0 Å². The third kappa shape index (κ3) is 8.89. The zero-order chi connectivity index (χ0) is 9.90. The number of hydrogen-bond acceptors (Lipinski definition) is 5. The maximum atomic E-state index is 10.3. The second-order valence-electron chi connectivity index (χ2n) is 2.19. The Morgan fingerprint density at radius 1 is 1.47 bits per heavy atom. The SMILES string of the molecule is O=P([O-])([O-])SCc1cc(Cl)ccn1.[Li+].[Li+]. The van der Waals surface area contributed by atoms with Crippen molar-refractivity contribution in [3.63, 3.8) is 0 Å². The molecule has 0 aliphatic heterocycles. The zero-order valence-corrected chi connectivity index (χ0v) is 10.8. The Kier molecular flexibility index (Phi) is 10.2. The van der Waals surface area contributed by atoms with Crippen molar-refractivity contribution in [1.29, 1.82) is 0 Å². The topological polar surface area (TPSA) is 76.1 Å². The molecule has 0 radical (unpaired) electrons. The summed E-state index contributed by atoms with van der Waals surface area (Å²) in [7, 11) is 0. The van der Waals surface area contributed by atoms with E-state index < -0.39 is 6.80 Å². The molecule has 1 rings (SSSR count). The van der Waals surface area contributed by atoms with E-state index in [-0.39, 0.29) is 43.5 Å². The van der Waals surface area contributed by atoms with Crippen molar-refractivity contribution in [2.75, 3.05) is 0 Å². The molecule has 0 fully saturated rings. The van der Waals surface area contributed by atoms with Gasteiger partial charge in [-0.3, -0.25) is 4.98 Å². The van der Waals surface area contributed by atoms with E-state index in [2.05, 4.69) is 4.98 Å². The Morgan fingerprint density at radius 3 is 2.53 bits per heavy atom. The monoisotopic (exact) mass is 251 g/mol. The van der Waals surface area contributed by atoms with Crippen LogP contribution in [0.1, 0.15) is 5.69 Å². The van der Waals surface area contributed by atoms with Crippen molar-refractivity contribution in [2.45, 2.75) is 5.75 Å². The quantitative estimate of drug-likeness (QED) is 0.396. The first-order valence-corrected chi connectivity index (χ1v) is 6.75. The predicted octanol–water partition coefficient (Wildman–Crippen LogP) is -5.20. The molecule has 0 spiro atoms. The molecule has 0 bridgehead atoms. The summed E-state index contributed by atoms with van der Waals surface area (Å²) >= 11 is 5.94. The standard InChI is InChI=1S/C6H7ClNO3PS.2Li/c7-5-1-2-8-6(3-5)4-13-12(9,10)11;;/h1-3H,4H2,(H2,9,10,11);;/q;2*+1/p-2. The van der Waals surface area contributed by atoms with Crippen LogP contribution in [0.15, 0.2) is 18.3 Å². The van der Waals surface area contributed by atoms with Gasteiger partial charge >= 0.3 is 37.7 Å². The summed E-state index contributed by atoms with van der Waals surface area (Å²) in [6, 6.07) is 3.09. The average Bonchev–Trinajstić information content (AvgIpc) is 2.00. The first-order chi connectivity index (χ1) is 5.97. The molecule has 0 aliphatic carbocycles. The maximum Gasteiger partial charge on any atom is 1.00 e. The molecule has 15 heavy (non-hydrogen) atoms. The summed E-state index contributed by atoms with van der Waals surface area (Å²) in [5, 5.41) is 0.470. The van der Waals surface area contributed by atoms with Crippen LogP contribution in [0.25, 0.3) is 0 Å². The molecule has 0 saturated heterocycles. The summed E-state index contributed by atoms with van der Waals surface area (Å²) in [6.45, 7) is -4.51. The first kappa shape index (κ1) is 18.5. The van der Waals surface area contributed by atoms with Crippen LogP contribution in [-0.2, 0) is 10.3 Å². The van der Waals surface area contributed by atoms with E-state index in [9.17, 15) is 14.4 Å². The van der Waals surface area contributed by atoms with E-state index in [1.807, 2.05) is 0 Å². The third-order valence-electron chi connectivity index (χ3n) is 1.15. The second kappa shape index (κ2) is 8.26. The van der Waals surface area contributed by atoms with Crippen LogP contribution < -0.4 is 47.5 Å². The molecule has 1 aromatic rings. The Hall–Kier alpha value is 1.13. The molecule has 9 heteroatoms. The van der Waals surface area contributed by atoms with Gasteiger partial charge in [0.2, 0.25) is 0 Å². The number of aromatic nitrogens is 1. The molecule has 0 amide bonds. The van der Waals surface area contributed by atoms with Gasteiger partial charge in [0.15, 0.2) is 0 Å². The van der Waals surface area contributed by atoms with Crippen LogP contribution in [0.2, 0.25) is 5.02 Å². The molecule has 1 heterocycles. The Morgan fingerprint density at radius 2 is 2.07 bits per heavy atom. The largest absolute Gasteiger partial charge is 1.00 e. The minimum absolute atomic E-state index is 0. The maximum absolute atomic E-state index is 10.3. The van der Waals surface area contributed by atoms with Crippen molar-refractivity contribution in [3.8, 4) is 0 Å². The van der Waals surface area contributed by atoms with Gasteiger partial charge in [0, 0.05) is 17.0 Å². The van der Waals surface area contributed by atoms with Gasteiger partial charge in [0.05, 0.1) is 5.69 Å². The van der Waals surface area contributed by atoms with Crippen molar-refractivity contribution in [3.05, 3.63) is 29.0 Å². The van der Waals surface area contributed by atoms with E-state index in [1.54, 1.807) is 6.07 Å². The van der Waals surface area contributed by atoms with Gasteiger partial charge in [0.25, 0.3) is 0 Å². The molecule has 4 nitrogen and oxygen atoms in total. The summed E-state index contributed by atoms with van der Waals surface area (Å²) in [6.07, 6.45) is 1.46. The van der Waals surface area contributed by atoms with E-state index >= 15 is 0 Å². The average molecular weight is 251 g/mol. The van der Waals surface area contributed by atoms with Gasteiger partial charge in [-0.25, -0.2) is 0 Å². The van der Waals surface area contributed by atoms with Crippen LogP contribution >= 0.6 is 29.8 Å². The Balaban J connectivity index is 0. The predicted molar refractivity (Wildman–Crippen MR) is 48.1 cm³/mol. The smallest absolute Gasteiger partial charge is 0.803 e. The summed E-state index contributed by atoms with van der Waals surface area (Å²) in [5.41, 5.74) is 0.476.